The summed E-state index contributed by atoms with van der Waals surface area (Å²) in [4.78, 5) is 0. The van der Waals surface area contributed by atoms with E-state index < -0.39 is 9.84 Å². The average molecular weight is 304 g/mol. The zero-order chi connectivity index (χ0) is 14.3. The summed E-state index contributed by atoms with van der Waals surface area (Å²) in [5, 5.41) is 0.752. The maximum Gasteiger partial charge on any atom is 0.150 e. The van der Waals surface area contributed by atoms with Gasteiger partial charge in [0.2, 0.25) is 0 Å². The van der Waals surface area contributed by atoms with Gasteiger partial charge in [0, 0.05) is 10.8 Å². The van der Waals surface area contributed by atoms with E-state index in [1.54, 1.807) is 6.92 Å². The Morgan fingerprint density at radius 1 is 1.32 bits per heavy atom. The Bertz CT molecular complexity index is 488. The number of hydrogen-bond donors (Lipinski definition) is 1. The molecule has 0 saturated heterocycles. The highest BCUT2D eigenvalue weighted by Gasteiger charge is 2.13. The molecule has 108 valence electrons. The zero-order valence-electron chi connectivity index (χ0n) is 11.3. The number of halogens is 1. The molecular weight excluding hydrogens is 282 g/mol. The van der Waals surface area contributed by atoms with E-state index in [0.29, 0.717) is 13.0 Å². The van der Waals surface area contributed by atoms with Crippen LogP contribution in [0.15, 0.2) is 24.3 Å². The lowest BCUT2D eigenvalue weighted by Crippen LogP contribution is -2.19. The van der Waals surface area contributed by atoms with Crippen LogP contribution in [0, 0.1) is 5.92 Å². The number of sulfone groups is 1. The normalized spacial score (nSPS) is 13.4. The van der Waals surface area contributed by atoms with Crippen LogP contribution in [0.4, 0.5) is 0 Å². The molecule has 19 heavy (non-hydrogen) atoms. The second kappa shape index (κ2) is 7.88. The molecule has 0 bridgehead atoms. The van der Waals surface area contributed by atoms with E-state index in [1.165, 1.54) is 0 Å². The second-order valence-corrected chi connectivity index (χ2v) is 7.66. The van der Waals surface area contributed by atoms with Gasteiger partial charge in [0.1, 0.15) is 9.84 Å². The molecule has 0 fully saturated rings. The summed E-state index contributed by atoms with van der Waals surface area (Å²) in [5.41, 5.74) is 6.84. The summed E-state index contributed by atoms with van der Waals surface area (Å²) in [7, 11) is -2.87. The Labute approximate surface area is 121 Å². The third-order valence-corrected chi connectivity index (χ3v) is 5.47. The molecule has 0 aliphatic carbocycles. The number of benzene rings is 1. The van der Waals surface area contributed by atoms with Gasteiger partial charge in [-0.1, -0.05) is 36.7 Å². The average Bonchev–Trinajstić information content (AvgIpc) is 2.39. The van der Waals surface area contributed by atoms with Crippen LogP contribution in [0.3, 0.4) is 0 Å². The minimum Gasteiger partial charge on any atom is -0.330 e. The summed E-state index contributed by atoms with van der Waals surface area (Å²) in [6.07, 6.45) is 2.30. The van der Waals surface area contributed by atoms with Crippen molar-refractivity contribution in [1.82, 2.24) is 0 Å². The van der Waals surface area contributed by atoms with Gasteiger partial charge in [-0.05, 0) is 43.4 Å². The zero-order valence-corrected chi connectivity index (χ0v) is 12.9. The number of rotatable bonds is 8. The predicted octanol–water partition coefficient (Wildman–Crippen LogP) is 2.67. The van der Waals surface area contributed by atoms with E-state index in [0.717, 1.165) is 23.4 Å². The first-order chi connectivity index (χ1) is 8.98. The van der Waals surface area contributed by atoms with Crippen molar-refractivity contribution >= 4 is 21.4 Å². The van der Waals surface area contributed by atoms with E-state index in [1.807, 2.05) is 24.3 Å². The van der Waals surface area contributed by atoms with Gasteiger partial charge in [-0.2, -0.15) is 0 Å². The van der Waals surface area contributed by atoms with E-state index in [4.69, 9.17) is 17.3 Å². The van der Waals surface area contributed by atoms with Gasteiger partial charge < -0.3 is 5.73 Å². The highest BCUT2D eigenvalue weighted by molar-refractivity contribution is 7.91. The lowest BCUT2D eigenvalue weighted by atomic mass is 9.95. The molecule has 0 aromatic heterocycles. The molecule has 0 amide bonds. The van der Waals surface area contributed by atoms with Gasteiger partial charge in [-0.3, -0.25) is 0 Å². The van der Waals surface area contributed by atoms with Crippen LogP contribution in [0.5, 0.6) is 0 Å². The van der Waals surface area contributed by atoms with Crippen LogP contribution in [0.25, 0.3) is 0 Å². The Morgan fingerprint density at radius 2 is 2.00 bits per heavy atom. The van der Waals surface area contributed by atoms with E-state index in [2.05, 4.69) is 0 Å². The van der Waals surface area contributed by atoms with Gasteiger partial charge in [0.25, 0.3) is 0 Å². The fraction of sp³-hybridized carbons (Fsp3) is 0.571. The quantitative estimate of drug-likeness (QED) is 0.803. The highest BCUT2D eigenvalue weighted by Crippen LogP contribution is 2.21. The van der Waals surface area contributed by atoms with Crippen molar-refractivity contribution in [3.8, 4) is 0 Å². The van der Waals surface area contributed by atoms with Crippen molar-refractivity contribution in [3.63, 3.8) is 0 Å². The van der Waals surface area contributed by atoms with Crippen molar-refractivity contribution < 1.29 is 8.42 Å². The summed E-state index contributed by atoms with van der Waals surface area (Å²) in [5.74, 6) is 0.750. The maximum absolute atomic E-state index is 11.4. The monoisotopic (exact) mass is 303 g/mol. The highest BCUT2D eigenvalue weighted by atomic mass is 35.5. The van der Waals surface area contributed by atoms with Crippen LogP contribution in [0.2, 0.25) is 5.02 Å². The molecule has 0 spiro atoms. The van der Waals surface area contributed by atoms with Gasteiger partial charge >= 0.3 is 0 Å². The van der Waals surface area contributed by atoms with E-state index in [9.17, 15) is 8.42 Å². The second-order valence-electron chi connectivity index (χ2n) is 4.78. The Hall–Kier alpha value is -0.580. The van der Waals surface area contributed by atoms with Crippen molar-refractivity contribution in [2.45, 2.75) is 26.2 Å². The van der Waals surface area contributed by atoms with Gasteiger partial charge in [-0.15, -0.1) is 0 Å². The molecule has 5 heteroatoms. The van der Waals surface area contributed by atoms with Crippen LogP contribution < -0.4 is 5.73 Å². The maximum atomic E-state index is 11.4. The number of nitrogens with two attached hydrogens (primary N) is 1. The Balaban J connectivity index is 2.49. The van der Waals surface area contributed by atoms with Crippen molar-refractivity contribution in [3.05, 3.63) is 34.9 Å². The molecule has 1 aromatic carbocycles. The van der Waals surface area contributed by atoms with Crippen molar-refractivity contribution in [1.29, 1.82) is 0 Å². The molecule has 1 unspecified atom stereocenters. The van der Waals surface area contributed by atoms with Crippen molar-refractivity contribution in [2.24, 2.45) is 11.7 Å². The summed E-state index contributed by atoms with van der Waals surface area (Å²) < 4.78 is 22.9. The standard InChI is InChI=1S/C14H22ClNO2S/c1-2-19(17,18)9-5-6-12(11-16)10-13-7-3-4-8-14(13)15/h3-4,7-8,12H,2,5-6,9-11,16H2,1H3. The molecule has 0 heterocycles. The van der Waals surface area contributed by atoms with Gasteiger partial charge in [0.05, 0.1) is 5.75 Å². The lowest BCUT2D eigenvalue weighted by molar-refractivity contribution is 0.485. The Kier molecular flexibility index (Phi) is 6.83. The predicted molar refractivity (Wildman–Crippen MR) is 81.3 cm³/mol. The number of hydrogen-bond acceptors (Lipinski definition) is 3. The van der Waals surface area contributed by atoms with Gasteiger partial charge in [0.15, 0.2) is 0 Å². The molecule has 1 atom stereocenters. The lowest BCUT2D eigenvalue weighted by Gasteiger charge is -2.15. The SMILES string of the molecule is CCS(=O)(=O)CCCC(CN)Cc1ccccc1Cl. The van der Waals surface area contributed by atoms with Crippen LogP contribution in [0.1, 0.15) is 25.3 Å². The van der Waals surface area contributed by atoms with Gasteiger partial charge in [-0.25, -0.2) is 8.42 Å². The minimum absolute atomic E-state index is 0.213. The molecule has 0 aliphatic rings. The van der Waals surface area contributed by atoms with Crippen LogP contribution in [-0.2, 0) is 16.3 Å². The molecule has 3 nitrogen and oxygen atoms in total. The molecule has 0 aliphatic heterocycles. The van der Waals surface area contributed by atoms with E-state index >= 15 is 0 Å². The largest absolute Gasteiger partial charge is 0.330 e. The molecule has 1 aromatic rings. The molecular formula is C14H22ClNO2S. The summed E-state index contributed by atoms with van der Waals surface area (Å²) >= 11 is 6.12. The Morgan fingerprint density at radius 3 is 2.58 bits per heavy atom. The fourth-order valence-electron chi connectivity index (χ4n) is 2.01. The molecule has 0 saturated carbocycles. The third kappa shape index (κ3) is 5.93. The topological polar surface area (TPSA) is 60.2 Å². The molecule has 1 rings (SSSR count). The smallest absolute Gasteiger partial charge is 0.150 e. The first kappa shape index (κ1) is 16.5. The summed E-state index contributed by atoms with van der Waals surface area (Å²) in [6.45, 7) is 2.23. The van der Waals surface area contributed by atoms with Crippen LogP contribution >= 0.6 is 11.6 Å². The van der Waals surface area contributed by atoms with E-state index in [-0.39, 0.29) is 17.4 Å². The first-order valence-corrected chi connectivity index (χ1v) is 8.82. The van der Waals surface area contributed by atoms with Crippen molar-refractivity contribution in [2.75, 3.05) is 18.1 Å². The minimum atomic E-state index is -2.87. The fourth-order valence-corrected chi connectivity index (χ4v) is 3.12. The first-order valence-electron chi connectivity index (χ1n) is 6.62. The third-order valence-electron chi connectivity index (χ3n) is 3.31. The molecule has 2 N–H and O–H groups in total. The summed E-state index contributed by atoms with van der Waals surface area (Å²) in [6, 6.07) is 7.72. The molecule has 0 radical (unpaired) electrons. The van der Waals surface area contributed by atoms with Crippen LogP contribution in [-0.4, -0.2) is 26.5 Å².